The van der Waals surface area contributed by atoms with Gasteiger partial charge >= 0.3 is 6.01 Å². The minimum absolute atomic E-state index is 0.0239. The molecule has 3 aromatic rings. The molecule has 4 aliphatic rings. The highest BCUT2D eigenvalue weighted by Gasteiger charge is 2.35. The smallest absolute Gasteiger partial charge is 0.318 e. The predicted octanol–water partition coefficient (Wildman–Crippen LogP) is 4.51. The van der Waals surface area contributed by atoms with E-state index >= 15 is 0 Å². The maximum Gasteiger partial charge on any atom is 0.318 e. The highest BCUT2D eigenvalue weighted by molar-refractivity contribution is 5.89. The summed E-state index contributed by atoms with van der Waals surface area (Å²) in [5.41, 5.74) is 4.95. The first-order valence-electron chi connectivity index (χ1n) is 18.0. The first kappa shape index (κ1) is 33.5. The third kappa shape index (κ3) is 7.45. The van der Waals surface area contributed by atoms with Crippen molar-refractivity contribution >= 4 is 22.5 Å². The van der Waals surface area contributed by atoms with Crippen LogP contribution in [0.2, 0.25) is 0 Å². The molecule has 258 valence electrons. The Balaban J connectivity index is 1.14. The van der Waals surface area contributed by atoms with E-state index in [-0.39, 0.29) is 18.5 Å². The summed E-state index contributed by atoms with van der Waals surface area (Å²) < 4.78 is 11.8. The zero-order valence-corrected chi connectivity index (χ0v) is 29.0. The summed E-state index contributed by atoms with van der Waals surface area (Å²) in [5.74, 6) is 1.24. The number of benzene rings is 2. The highest BCUT2D eigenvalue weighted by Crippen LogP contribution is 2.40. The molecular weight excluding hydrogens is 614 g/mol. The van der Waals surface area contributed by atoms with Gasteiger partial charge in [0.1, 0.15) is 18.5 Å². The molecule has 10 nitrogen and oxygen atoms in total. The number of piperazine rings is 1. The van der Waals surface area contributed by atoms with Crippen molar-refractivity contribution in [2.75, 3.05) is 84.1 Å². The van der Waals surface area contributed by atoms with Crippen LogP contribution < -0.4 is 9.64 Å². The number of hydrogen-bond acceptors (Lipinski definition) is 8. The van der Waals surface area contributed by atoms with Gasteiger partial charge in [-0.1, -0.05) is 42.5 Å². The Kier molecular flexibility index (Phi) is 10.4. The van der Waals surface area contributed by atoms with E-state index in [1.165, 1.54) is 33.9 Å². The molecule has 3 fully saturated rings. The van der Waals surface area contributed by atoms with Gasteiger partial charge in [0.25, 0.3) is 0 Å². The first-order chi connectivity index (χ1) is 24.0. The quantitative estimate of drug-likeness (QED) is 0.245. The third-order valence-electron chi connectivity index (χ3n) is 11.0. The number of ether oxygens (including phenoxy) is 2. The number of likely N-dealkylation sites (N-methyl/N-ethyl adjacent to an activating group) is 1. The second-order valence-electron chi connectivity index (χ2n) is 14.1. The summed E-state index contributed by atoms with van der Waals surface area (Å²) in [6.07, 6.45) is 8.66. The first-order valence-corrected chi connectivity index (χ1v) is 18.0. The number of hydrogen-bond donors (Lipinski definition) is 0. The van der Waals surface area contributed by atoms with Gasteiger partial charge in [0.2, 0.25) is 12.5 Å². The van der Waals surface area contributed by atoms with Crippen LogP contribution in [0.15, 0.2) is 48.6 Å². The minimum Gasteiger partial charge on any atom is -0.462 e. The van der Waals surface area contributed by atoms with Crippen molar-refractivity contribution in [3.05, 3.63) is 82.4 Å². The van der Waals surface area contributed by atoms with Crippen molar-refractivity contribution in [2.24, 2.45) is 0 Å². The number of rotatable bonds is 9. The van der Waals surface area contributed by atoms with Crippen LogP contribution in [0.25, 0.3) is 15.6 Å². The Bertz CT molecular complexity index is 1710. The maximum absolute atomic E-state index is 13.4. The third-order valence-corrected chi connectivity index (χ3v) is 11.0. The van der Waals surface area contributed by atoms with Crippen molar-refractivity contribution in [1.29, 1.82) is 0 Å². The second-order valence-corrected chi connectivity index (χ2v) is 14.1. The number of anilines is 1. The van der Waals surface area contributed by atoms with E-state index < -0.39 is 0 Å². The molecule has 4 heterocycles. The van der Waals surface area contributed by atoms with Gasteiger partial charge < -0.3 is 29.0 Å². The summed E-state index contributed by atoms with van der Waals surface area (Å²) in [5, 5.41) is 2.64. The van der Waals surface area contributed by atoms with E-state index in [1.807, 2.05) is 11.0 Å². The molecule has 0 bridgehead atoms. The van der Waals surface area contributed by atoms with Crippen molar-refractivity contribution < 1.29 is 14.3 Å². The molecule has 3 atom stereocenters. The fourth-order valence-corrected chi connectivity index (χ4v) is 8.21. The Hall–Kier alpha value is -4.04. The number of nitrogens with zero attached hydrogens (tertiary/aromatic N) is 7. The number of aromatic nitrogens is 2. The van der Waals surface area contributed by atoms with Crippen LogP contribution in [0.3, 0.4) is 0 Å². The van der Waals surface area contributed by atoms with E-state index in [0.717, 1.165) is 76.6 Å². The van der Waals surface area contributed by atoms with Crippen molar-refractivity contribution in [3.8, 4) is 6.01 Å². The average Bonchev–Trinajstić information content (AvgIpc) is 3.54. The summed E-state index contributed by atoms with van der Waals surface area (Å²) in [6, 6.07) is 13.8. The summed E-state index contributed by atoms with van der Waals surface area (Å²) in [6.45, 7) is 17.5. The summed E-state index contributed by atoms with van der Waals surface area (Å²) >= 11 is 0. The predicted molar refractivity (Wildman–Crippen MR) is 192 cm³/mol. The van der Waals surface area contributed by atoms with Gasteiger partial charge in [-0.3, -0.25) is 9.69 Å². The molecule has 2 aromatic carbocycles. The van der Waals surface area contributed by atoms with E-state index in [2.05, 4.69) is 69.9 Å². The number of morpholine rings is 1. The number of likely N-dealkylation sites (tertiary alicyclic amines) is 1. The van der Waals surface area contributed by atoms with Gasteiger partial charge in [0, 0.05) is 56.9 Å². The van der Waals surface area contributed by atoms with Gasteiger partial charge in [-0.25, -0.2) is 6.57 Å². The zero-order chi connectivity index (χ0) is 33.7. The number of amides is 1. The fraction of sp³-hybridized carbons (Fsp3) is 0.538. The molecule has 1 unspecified atom stereocenters. The Morgan fingerprint density at radius 2 is 1.90 bits per heavy atom. The van der Waals surface area contributed by atoms with E-state index in [0.29, 0.717) is 44.2 Å². The van der Waals surface area contributed by atoms with Gasteiger partial charge in [-0.15, -0.1) is 0 Å². The number of fused-ring (bicyclic) bond motifs is 2. The molecule has 7 rings (SSSR count). The molecule has 0 N–H and O–H groups in total. The molecule has 3 aliphatic heterocycles. The molecular formula is C39H49N7O3. The topological polar surface area (TPSA) is 78.6 Å². The molecule has 0 saturated carbocycles. The van der Waals surface area contributed by atoms with Crippen molar-refractivity contribution in [2.45, 2.75) is 57.0 Å². The molecule has 1 amide bonds. The van der Waals surface area contributed by atoms with Gasteiger partial charge in [0.15, 0.2) is 0 Å². The van der Waals surface area contributed by atoms with E-state index in [9.17, 15) is 4.79 Å². The van der Waals surface area contributed by atoms with Crippen LogP contribution in [-0.2, 0) is 22.4 Å². The van der Waals surface area contributed by atoms with E-state index in [4.69, 9.17) is 26.0 Å². The lowest BCUT2D eigenvalue weighted by molar-refractivity contribution is -0.128. The number of aryl methyl sites for hydroxylation is 1. The van der Waals surface area contributed by atoms with Crippen LogP contribution >= 0.6 is 0 Å². The molecule has 0 spiro atoms. The van der Waals surface area contributed by atoms with Crippen LogP contribution in [0.5, 0.6) is 6.01 Å². The number of carbonyl (C=O) groups excluding carboxylic acids is 1. The summed E-state index contributed by atoms with van der Waals surface area (Å²) in [4.78, 5) is 36.2. The van der Waals surface area contributed by atoms with Crippen LogP contribution in [0, 0.1) is 13.5 Å². The monoisotopic (exact) mass is 663 g/mol. The lowest BCUT2D eigenvalue weighted by Gasteiger charge is -2.40. The molecule has 3 saturated heterocycles. The van der Waals surface area contributed by atoms with Crippen LogP contribution in [0.1, 0.15) is 47.6 Å². The summed E-state index contributed by atoms with van der Waals surface area (Å²) in [7, 11) is 2.16. The molecule has 1 aromatic heterocycles. The van der Waals surface area contributed by atoms with Crippen molar-refractivity contribution in [1.82, 2.24) is 24.7 Å². The molecule has 10 heteroatoms. The van der Waals surface area contributed by atoms with Crippen molar-refractivity contribution in [3.63, 3.8) is 0 Å². The van der Waals surface area contributed by atoms with Gasteiger partial charge in [-0.2, -0.15) is 9.97 Å². The number of carbonyl (C=O) groups is 1. The lowest BCUT2D eigenvalue weighted by atomic mass is 9.80. The van der Waals surface area contributed by atoms with Crippen LogP contribution in [0.4, 0.5) is 5.82 Å². The SMILES string of the molecule is [C-]#[N+]C[C@H]1CN(c2nc(OC[C@@H]3CCCN3C)nc3c2CCC(c2cccc4cccc(C)c24)C3)CCN1C(=O)/C=C/CN1CCOCC1. The molecule has 1 aliphatic carbocycles. The zero-order valence-electron chi connectivity index (χ0n) is 29.0. The highest BCUT2D eigenvalue weighted by atomic mass is 16.5. The van der Waals surface area contributed by atoms with Gasteiger partial charge in [0.05, 0.1) is 18.9 Å². The standard InChI is InChI=1S/C39H49N7O3/c1-28-8-4-9-29-10-5-12-33(37(28)29)30-14-15-34-35(24-30)41-39(49-27-31-11-6-16-43(31)3)42-38(34)45-18-19-46(32(26-45)25-40-2)36(47)13-7-17-44-20-22-48-23-21-44/h4-5,7-10,12-13,30-32H,6,11,14-27H2,1,3H3/b13-7+/t30?,31-,32-/m0/s1. The van der Waals surface area contributed by atoms with E-state index in [1.54, 1.807) is 6.08 Å². The Labute approximate surface area is 290 Å². The average molecular weight is 664 g/mol. The minimum atomic E-state index is -0.219. The largest absolute Gasteiger partial charge is 0.462 e. The Morgan fingerprint density at radius 1 is 1.06 bits per heavy atom. The maximum atomic E-state index is 13.4. The Morgan fingerprint density at radius 3 is 2.69 bits per heavy atom. The normalized spacial score (nSPS) is 23.6. The molecule has 49 heavy (non-hydrogen) atoms. The van der Waals surface area contributed by atoms with Gasteiger partial charge in [-0.05, 0) is 80.4 Å². The van der Waals surface area contributed by atoms with Crippen LogP contribution in [-0.4, -0.2) is 122 Å². The second kappa shape index (κ2) is 15.2. The fourth-order valence-electron chi connectivity index (χ4n) is 8.21. The molecule has 0 radical (unpaired) electrons. The lowest BCUT2D eigenvalue weighted by Crippen LogP contribution is -2.56.